The van der Waals surface area contributed by atoms with Crippen LogP contribution in [-0.2, 0) is 5.41 Å². The number of hydrogen-bond donors (Lipinski definition) is 1. The topological polar surface area (TPSA) is 23.5 Å². The van der Waals surface area contributed by atoms with Crippen molar-refractivity contribution in [1.29, 1.82) is 0 Å². The van der Waals surface area contributed by atoms with Crippen molar-refractivity contribution in [3.05, 3.63) is 77.5 Å². The van der Waals surface area contributed by atoms with Gasteiger partial charge in [0.1, 0.15) is 5.75 Å². The third-order valence-electron chi connectivity index (χ3n) is 4.91. The van der Waals surface area contributed by atoms with Crippen molar-refractivity contribution in [3.8, 4) is 5.75 Å². The van der Waals surface area contributed by atoms with Gasteiger partial charge in [-0.15, -0.1) is 0 Å². The molecule has 114 valence electrons. The molecule has 1 heterocycles. The van der Waals surface area contributed by atoms with E-state index in [0.29, 0.717) is 11.7 Å². The summed E-state index contributed by atoms with van der Waals surface area (Å²) in [4.78, 5) is 2.34. The Labute approximate surface area is 132 Å². The first-order chi connectivity index (χ1) is 10.6. The molecule has 2 heteroatoms. The van der Waals surface area contributed by atoms with Crippen LogP contribution in [0.15, 0.2) is 66.4 Å². The highest BCUT2D eigenvalue weighted by atomic mass is 16.3. The largest absolute Gasteiger partial charge is 0.508 e. The molecule has 0 radical (unpaired) electrons. The molecule has 22 heavy (non-hydrogen) atoms. The van der Waals surface area contributed by atoms with E-state index in [1.807, 2.05) is 12.1 Å². The SMILES string of the molecule is CC=C1N(C)CC(C)C1(c1ccccc1)c1cccc(O)c1. The number of phenolic OH excluding ortho intramolecular Hbond substituents is 1. The van der Waals surface area contributed by atoms with E-state index < -0.39 is 0 Å². The molecule has 2 nitrogen and oxygen atoms in total. The molecule has 0 aliphatic carbocycles. The summed E-state index contributed by atoms with van der Waals surface area (Å²) in [6, 6.07) is 18.4. The van der Waals surface area contributed by atoms with Gasteiger partial charge in [0.05, 0.1) is 5.41 Å². The fraction of sp³-hybridized carbons (Fsp3) is 0.300. The lowest BCUT2D eigenvalue weighted by molar-refractivity contribution is 0.432. The Morgan fingerprint density at radius 2 is 1.77 bits per heavy atom. The molecule has 0 saturated carbocycles. The molecule has 1 saturated heterocycles. The zero-order valence-electron chi connectivity index (χ0n) is 13.5. The summed E-state index contributed by atoms with van der Waals surface area (Å²) in [7, 11) is 2.15. The quantitative estimate of drug-likeness (QED) is 0.898. The Bertz CT molecular complexity index is 692. The zero-order chi connectivity index (χ0) is 15.7. The summed E-state index contributed by atoms with van der Waals surface area (Å²) in [6.07, 6.45) is 2.21. The van der Waals surface area contributed by atoms with E-state index in [9.17, 15) is 5.11 Å². The van der Waals surface area contributed by atoms with Crippen LogP contribution in [0.25, 0.3) is 0 Å². The van der Waals surface area contributed by atoms with E-state index in [-0.39, 0.29) is 5.41 Å². The normalized spacial score (nSPS) is 26.6. The van der Waals surface area contributed by atoms with E-state index in [1.54, 1.807) is 6.07 Å². The van der Waals surface area contributed by atoms with Crippen LogP contribution in [0, 0.1) is 5.92 Å². The predicted molar refractivity (Wildman–Crippen MR) is 90.9 cm³/mol. The van der Waals surface area contributed by atoms with Gasteiger partial charge in [-0.1, -0.05) is 55.5 Å². The molecular formula is C20H23NO. The molecule has 0 bridgehead atoms. The molecule has 1 aliphatic heterocycles. The predicted octanol–water partition coefficient (Wildman–Crippen LogP) is 4.16. The number of rotatable bonds is 2. The summed E-state index contributed by atoms with van der Waals surface area (Å²) in [5.41, 5.74) is 3.54. The number of phenols is 1. The van der Waals surface area contributed by atoms with Crippen molar-refractivity contribution in [1.82, 2.24) is 4.90 Å². The first-order valence-corrected chi connectivity index (χ1v) is 7.83. The van der Waals surface area contributed by atoms with E-state index in [2.05, 4.69) is 68.3 Å². The van der Waals surface area contributed by atoms with Crippen molar-refractivity contribution in [2.45, 2.75) is 19.3 Å². The number of nitrogens with zero attached hydrogens (tertiary/aromatic N) is 1. The Kier molecular flexibility index (Phi) is 3.69. The average molecular weight is 293 g/mol. The minimum Gasteiger partial charge on any atom is -0.508 e. The minimum absolute atomic E-state index is 0.205. The van der Waals surface area contributed by atoms with Gasteiger partial charge in [0.25, 0.3) is 0 Å². The van der Waals surface area contributed by atoms with Crippen molar-refractivity contribution in [2.75, 3.05) is 13.6 Å². The number of benzene rings is 2. The van der Waals surface area contributed by atoms with Crippen molar-refractivity contribution in [3.63, 3.8) is 0 Å². The lowest BCUT2D eigenvalue weighted by Crippen LogP contribution is -2.33. The molecule has 2 atom stereocenters. The van der Waals surface area contributed by atoms with Gasteiger partial charge >= 0.3 is 0 Å². The van der Waals surface area contributed by atoms with Crippen LogP contribution in [-0.4, -0.2) is 23.6 Å². The number of likely N-dealkylation sites (tertiary alicyclic amines) is 1. The highest BCUT2D eigenvalue weighted by molar-refractivity contribution is 5.52. The second-order valence-electron chi connectivity index (χ2n) is 6.18. The molecule has 0 amide bonds. The number of hydrogen-bond acceptors (Lipinski definition) is 2. The summed E-state index contributed by atoms with van der Waals surface area (Å²) in [5, 5.41) is 10.0. The van der Waals surface area contributed by atoms with E-state index in [1.165, 1.54) is 11.3 Å². The lowest BCUT2D eigenvalue weighted by Gasteiger charge is -2.36. The Morgan fingerprint density at radius 3 is 2.41 bits per heavy atom. The van der Waals surface area contributed by atoms with Crippen molar-refractivity contribution < 1.29 is 5.11 Å². The number of aromatic hydroxyl groups is 1. The van der Waals surface area contributed by atoms with E-state index >= 15 is 0 Å². The van der Waals surface area contributed by atoms with Crippen LogP contribution in [0.2, 0.25) is 0 Å². The average Bonchev–Trinajstić information content (AvgIpc) is 2.78. The lowest BCUT2D eigenvalue weighted by atomic mass is 9.66. The number of allylic oxidation sites excluding steroid dienone is 2. The second kappa shape index (κ2) is 5.53. The van der Waals surface area contributed by atoms with Crippen LogP contribution >= 0.6 is 0 Å². The van der Waals surface area contributed by atoms with Gasteiger partial charge in [-0.2, -0.15) is 0 Å². The van der Waals surface area contributed by atoms with Gasteiger partial charge in [-0.05, 0) is 36.1 Å². The molecule has 0 spiro atoms. The Balaban J connectivity index is 2.33. The molecule has 1 fully saturated rings. The first kappa shape index (κ1) is 14.7. The van der Waals surface area contributed by atoms with Gasteiger partial charge in [-0.3, -0.25) is 0 Å². The van der Waals surface area contributed by atoms with Crippen LogP contribution < -0.4 is 0 Å². The standard InChI is InChI=1S/C20H23NO/c1-4-19-20(15(2)14-21(19)3,16-9-6-5-7-10-16)17-11-8-12-18(22)13-17/h4-13,15,22H,14H2,1-3H3. The minimum atomic E-state index is -0.205. The maximum absolute atomic E-state index is 10.0. The fourth-order valence-corrected chi connectivity index (χ4v) is 4.13. The van der Waals surface area contributed by atoms with Gasteiger partial charge in [0.15, 0.2) is 0 Å². The van der Waals surface area contributed by atoms with Crippen molar-refractivity contribution >= 4 is 0 Å². The highest BCUT2D eigenvalue weighted by Crippen LogP contribution is 2.51. The fourth-order valence-electron chi connectivity index (χ4n) is 4.13. The summed E-state index contributed by atoms with van der Waals surface area (Å²) < 4.78 is 0. The van der Waals surface area contributed by atoms with E-state index in [4.69, 9.17) is 0 Å². The van der Waals surface area contributed by atoms with Crippen LogP contribution in [0.1, 0.15) is 25.0 Å². The third kappa shape index (κ3) is 2.02. The van der Waals surface area contributed by atoms with Gasteiger partial charge in [0.2, 0.25) is 0 Å². The summed E-state index contributed by atoms with van der Waals surface area (Å²) in [5.74, 6) is 0.748. The molecule has 0 aromatic heterocycles. The van der Waals surface area contributed by atoms with Gasteiger partial charge in [-0.25, -0.2) is 0 Å². The van der Waals surface area contributed by atoms with Crippen LogP contribution in [0.3, 0.4) is 0 Å². The second-order valence-corrected chi connectivity index (χ2v) is 6.18. The van der Waals surface area contributed by atoms with Gasteiger partial charge < -0.3 is 10.0 Å². The van der Waals surface area contributed by atoms with Crippen LogP contribution in [0.5, 0.6) is 5.75 Å². The van der Waals surface area contributed by atoms with Gasteiger partial charge in [0, 0.05) is 19.3 Å². The van der Waals surface area contributed by atoms with Crippen molar-refractivity contribution in [2.24, 2.45) is 5.92 Å². The molecule has 2 aromatic carbocycles. The smallest absolute Gasteiger partial charge is 0.115 e. The van der Waals surface area contributed by atoms with E-state index in [0.717, 1.165) is 12.1 Å². The highest BCUT2D eigenvalue weighted by Gasteiger charge is 2.49. The third-order valence-corrected chi connectivity index (χ3v) is 4.91. The number of likely N-dealkylation sites (N-methyl/N-ethyl adjacent to an activating group) is 1. The maximum Gasteiger partial charge on any atom is 0.115 e. The Morgan fingerprint density at radius 1 is 1.09 bits per heavy atom. The zero-order valence-corrected chi connectivity index (χ0v) is 13.5. The summed E-state index contributed by atoms with van der Waals surface area (Å²) >= 11 is 0. The maximum atomic E-state index is 10.0. The Hall–Kier alpha value is -2.22. The monoisotopic (exact) mass is 293 g/mol. The molecule has 2 unspecified atom stereocenters. The molecular weight excluding hydrogens is 270 g/mol. The van der Waals surface area contributed by atoms with Crippen LogP contribution in [0.4, 0.5) is 0 Å². The molecule has 1 aliphatic rings. The summed E-state index contributed by atoms with van der Waals surface area (Å²) in [6.45, 7) is 5.40. The molecule has 1 N–H and O–H groups in total. The molecule has 3 rings (SSSR count). The first-order valence-electron chi connectivity index (χ1n) is 7.83. The molecule has 2 aromatic rings.